The Kier molecular flexibility index (Phi) is 2.68. The topological polar surface area (TPSA) is 29.0 Å². The van der Waals surface area contributed by atoms with Crippen molar-refractivity contribution >= 4 is 29.0 Å². The van der Waals surface area contributed by atoms with Crippen molar-refractivity contribution in [2.24, 2.45) is 0 Å². The fourth-order valence-corrected chi connectivity index (χ4v) is 3.57. The van der Waals surface area contributed by atoms with Crippen molar-refractivity contribution < 1.29 is 0 Å². The van der Waals surface area contributed by atoms with Crippen LogP contribution in [0.5, 0.6) is 0 Å². The highest BCUT2D eigenvalue weighted by Gasteiger charge is 2.41. The summed E-state index contributed by atoms with van der Waals surface area (Å²) in [7, 11) is 0. The Bertz CT molecular complexity index is 385. The van der Waals surface area contributed by atoms with Crippen molar-refractivity contribution in [2.45, 2.75) is 43.1 Å². The van der Waals surface area contributed by atoms with Gasteiger partial charge in [-0.3, -0.25) is 0 Å². The number of nitrogens with zero attached hydrogens (tertiary/aromatic N) is 3. The monoisotopic (exact) mass is 257 g/mol. The lowest BCUT2D eigenvalue weighted by molar-refractivity contribution is 0.470. The first kappa shape index (κ1) is 10.6. The van der Waals surface area contributed by atoms with Gasteiger partial charge in [0, 0.05) is 17.5 Å². The Morgan fingerprint density at radius 1 is 1.25 bits per heavy atom. The standard InChI is InChI=1S/C11H13Cl2N3/c12-7-3-8-1-2-9(4-7)16(8)11-10(13)5-14-6-15-11/h5-9H,1-4H2. The molecule has 2 aliphatic heterocycles. The molecule has 0 saturated carbocycles. The second-order valence-corrected chi connectivity index (χ2v) is 5.58. The first-order valence-corrected chi connectivity index (χ1v) is 6.45. The van der Waals surface area contributed by atoms with E-state index >= 15 is 0 Å². The quantitative estimate of drug-likeness (QED) is 0.725. The van der Waals surface area contributed by atoms with Crippen LogP contribution in [0.3, 0.4) is 0 Å². The number of hydrogen-bond donors (Lipinski definition) is 0. The Hall–Kier alpha value is -0.540. The van der Waals surface area contributed by atoms with Gasteiger partial charge in [-0.05, 0) is 25.7 Å². The van der Waals surface area contributed by atoms with Crippen LogP contribution in [0.2, 0.25) is 5.02 Å². The third-order valence-electron chi connectivity index (χ3n) is 3.57. The van der Waals surface area contributed by atoms with Crippen molar-refractivity contribution in [2.75, 3.05) is 4.90 Å². The van der Waals surface area contributed by atoms with Crippen LogP contribution in [0.4, 0.5) is 5.82 Å². The minimum absolute atomic E-state index is 0.314. The molecule has 3 nitrogen and oxygen atoms in total. The molecule has 0 aliphatic carbocycles. The maximum Gasteiger partial charge on any atom is 0.151 e. The summed E-state index contributed by atoms with van der Waals surface area (Å²) in [6.45, 7) is 0. The predicted octanol–water partition coefficient (Wildman–Crippen LogP) is 2.87. The molecule has 0 N–H and O–H groups in total. The Morgan fingerprint density at radius 2 is 1.94 bits per heavy atom. The van der Waals surface area contributed by atoms with E-state index in [4.69, 9.17) is 23.2 Å². The van der Waals surface area contributed by atoms with Crippen molar-refractivity contribution in [3.05, 3.63) is 17.5 Å². The third kappa shape index (κ3) is 1.66. The average Bonchev–Trinajstić information content (AvgIpc) is 2.53. The molecule has 86 valence electrons. The molecule has 3 rings (SSSR count). The maximum atomic E-state index is 6.25. The number of aromatic nitrogens is 2. The van der Waals surface area contributed by atoms with Crippen LogP contribution in [-0.4, -0.2) is 27.4 Å². The van der Waals surface area contributed by atoms with Gasteiger partial charge in [0.2, 0.25) is 0 Å². The van der Waals surface area contributed by atoms with Crippen molar-refractivity contribution in [1.29, 1.82) is 0 Å². The van der Waals surface area contributed by atoms with E-state index in [0.717, 1.165) is 18.7 Å². The van der Waals surface area contributed by atoms with Crippen LogP contribution >= 0.6 is 23.2 Å². The van der Waals surface area contributed by atoms with Gasteiger partial charge in [-0.25, -0.2) is 9.97 Å². The van der Waals surface area contributed by atoms with E-state index in [1.807, 2.05) is 0 Å². The van der Waals surface area contributed by atoms with Gasteiger partial charge in [-0.1, -0.05) is 11.6 Å². The number of hydrogen-bond acceptors (Lipinski definition) is 3. The summed E-state index contributed by atoms with van der Waals surface area (Å²) >= 11 is 12.4. The van der Waals surface area contributed by atoms with E-state index < -0.39 is 0 Å². The molecule has 2 saturated heterocycles. The predicted molar refractivity (Wildman–Crippen MR) is 65.2 cm³/mol. The summed E-state index contributed by atoms with van der Waals surface area (Å²) in [6, 6.07) is 1.02. The molecule has 1 aromatic heterocycles. The summed E-state index contributed by atoms with van der Waals surface area (Å²) in [5, 5.41) is 0.960. The normalized spacial score (nSPS) is 33.1. The zero-order valence-electron chi connectivity index (χ0n) is 8.81. The highest BCUT2D eigenvalue weighted by molar-refractivity contribution is 6.32. The van der Waals surface area contributed by atoms with Crippen LogP contribution in [0, 0.1) is 0 Å². The van der Waals surface area contributed by atoms with Gasteiger partial charge < -0.3 is 4.90 Å². The fourth-order valence-electron chi connectivity index (χ4n) is 2.95. The van der Waals surface area contributed by atoms with E-state index in [-0.39, 0.29) is 0 Å². The van der Waals surface area contributed by atoms with Gasteiger partial charge in [0.25, 0.3) is 0 Å². The molecule has 0 aromatic carbocycles. The molecule has 2 unspecified atom stereocenters. The van der Waals surface area contributed by atoms with Crippen molar-refractivity contribution in [3.63, 3.8) is 0 Å². The van der Waals surface area contributed by atoms with Crippen LogP contribution in [0.1, 0.15) is 25.7 Å². The summed E-state index contributed by atoms with van der Waals surface area (Å²) in [5.41, 5.74) is 0. The molecule has 3 heterocycles. The Morgan fingerprint density at radius 3 is 2.56 bits per heavy atom. The number of anilines is 1. The van der Waals surface area contributed by atoms with Gasteiger partial charge in [0.15, 0.2) is 5.82 Å². The van der Waals surface area contributed by atoms with E-state index in [0.29, 0.717) is 22.5 Å². The molecule has 5 heteroatoms. The van der Waals surface area contributed by atoms with Crippen molar-refractivity contribution in [3.8, 4) is 0 Å². The van der Waals surface area contributed by atoms with E-state index in [1.165, 1.54) is 12.8 Å². The molecular weight excluding hydrogens is 245 g/mol. The fraction of sp³-hybridized carbons (Fsp3) is 0.636. The molecule has 0 amide bonds. The summed E-state index contributed by atoms with van der Waals surface area (Å²) in [6.07, 6.45) is 7.71. The van der Waals surface area contributed by atoms with Crippen LogP contribution in [0.15, 0.2) is 12.5 Å². The highest BCUT2D eigenvalue weighted by Crippen LogP contribution is 2.41. The maximum absolute atomic E-state index is 6.25. The van der Waals surface area contributed by atoms with E-state index in [2.05, 4.69) is 14.9 Å². The highest BCUT2D eigenvalue weighted by atomic mass is 35.5. The minimum Gasteiger partial charge on any atom is -0.349 e. The Labute approximate surface area is 105 Å². The summed E-state index contributed by atoms with van der Waals surface area (Å²) in [5.74, 6) is 0.882. The second kappa shape index (κ2) is 4.04. The summed E-state index contributed by atoms with van der Waals surface area (Å²) < 4.78 is 0. The number of alkyl halides is 1. The molecule has 2 aliphatic rings. The lowest BCUT2D eigenvalue weighted by atomic mass is 10.0. The largest absolute Gasteiger partial charge is 0.349 e. The zero-order valence-corrected chi connectivity index (χ0v) is 10.3. The first-order valence-electron chi connectivity index (χ1n) is 5.63. The van der Waals surface area contributed by atoms with Crippen LogP contribution in [0.25, 0.3) is 0 Å². The lowest BCUT2D eigenvalue weighted by Gasteiger charge is -2.38. The molecule has 2 atom stereocenters. The van der Waals surface area contributed by atoms with E-state index in [9.17, 15) is 0 Å². The molecule has 0 spiro atoms. The van der Waals surface area contributed by atoms with Crippen molar-refractivity contribution in [1.82, 2.24) is 9.97 Å². The van der Waals surface area contributed by atoms with E-state index in [1.54, 1.807) is 12.5 Å². The van der Waals surface area contributed by atoms with Gasteiger partial charge in [0.05, 0.1) is 6.20 Å². The van der Waals surface area contributed by atoms with Gasteiger partial charge >= 0.3 is 0 Å². The molecule has 2 fully saturated rings. The zero-order chi connectivity index (χ0) is 11.1. The third-order valence-corrected chi connectivity index (χ3v) is 4.19. The van der Waals surface area contributed by atoms with Gasteiger partial charge in [0.1, 0.15) is 11.3 Å². The minimum atomic E-state index is 0.314. The Balaban J connectivity index is 1.94. The second-order valence-electron chi connectivity index (χ2n) is 4.56. The number of rotatable bonds is 1. The molecular formula is C11H13Cl2N3. The van der Waals surface area contributed by atoms with Gasteiger partial charge in [-0.15, -0.1) is 11.6 Å². The molecule has 0 radical (unpaired) electrons. The van der Waals surface area contributed by atoms with Crippen LogP contribution < -0.4 is 4.90 Å². The first-order chi connectivity index (χ1) is 7.75. The molecule has 1 aromatic rings. The molecule has 16 heavy (non-hydrogen) atoms. The van der Waals surface area contributed by atoms with Crippen LogP contribution in [-0.2, 0) is 0 Å². The summed E-state index contributed by atoms with van der Waals surface area (Å²) in [4.78, 5) is 10.6. The number of halogens is 2. The average molecular weight is 258 g/mol. The molecule has 2 bridgehead atoms. The lowest BCUT2D eigenvalue weighted by Crippen LogP contribution is -2.44. The smallest absolute Gasteiger partial charge is 0.151 e. The number of piperidine rings is 1. The van der Waals surface area contributed by atoms with Gasteiger partial charge in [-0.2, -0.15) is 0 Å². The SMILES string of the molecule is Clc1cncnc1N1C2CCC1CC(Cl)C2. The number of fused-ring (bicyclic) bond motifs is 2.